The maximum atomic E-state index is 4.83. The molecule has 0 aliphatic rings. The second-order valence-corrected chi connectivity index (χ2v) is 45.3. The lowest BCUT2D eigenvalue weighted by molar-refractivity contribution is 0.162. The van der Waals surface area contributed by atoms with Gasteiger partial charge in [-0.05, 0) is 13.8 Å². The second-order valence-electron chi connectivity index (χ2n) is 5.73. The molecule has 0 spiro atoms. The van der Waals surface area contributed by atoms with Crippen molar-refractivity contribution < 1.29 is 4.74 Å². The minimum absolute atomic E-state index is 0.750. The van der Waals surface area contributed by atoms with Gasteiger partial charge in [-0.1, -0.05) is 696 Å². The SMILES string of the molecule is CCOCC.ClC(Cl)Cl.ClC(Cl)Cl.ClC(Cl)Cl.ClC(Cl)Cl.ClC(Cl)Cl.ClC(Cl)Cl.ClC(Cl)Cl.ClC(Cl)Cl.ClC(Cl)Cl.ClC(Cl)Cl.ClC(Cl)Cl.ClC(Cl)Cl.ClC(Cl)Cl.ClC(Cl)Cl.ClC(Cl)Cl.ClC(Cl)Cl.ClC(Cl)Cl.ClC(Cl)Cl.ClC(Cl)Cl.ClC(Cl)Cl. The Hall–Kier alpha value is 17.4. The molecule has 0 aromatic heterocycles. The summed E-state index contributed by atoms with van der Waals surface area (Å²) in [5.41, 5.74) is 0. The van der Waals surface area contributed by atoms with Gasteiger partial charge in [-0.15, -0.1) is 0 Å². The molecule has 0 N–H and O–H groups in total. The molecule has 1 nitrogen and oxygen atoms in total. The van der Waals surface area contributed by atoms with Crippen molar-refractivity contribution in [3.63, 3.8) is 0 Å². The van der Waals surface area contributed by atoms with E-state index in [1.807, 2.05) is 13.8 Å². The second kappa shape index (κ2) is 158. The number of alkyl halides is 60. The Labute approximate surface area is 799 Å². The maximum Gasteiger partial charge on any atom is 0.180 e. The van der Waals surface area contributed by atoms with E-state index in [1.54, 1.807) is 0 Å². The topological polar surface area (TPSA) is 9.23 Å². The highest BCUT2D eigenvalue weighted by molar-refractivity contribution is 6.70. The van der Waals surface area contributed by atoms with Crippen molar-refractivity contribution in [2.45, 2.75) is 99.8 Å². The van der Waals surface area contributed by atoms with Crippen LogP contribution in [0.4, 0.5) is 0 Å². The average Bonchev–Trinajstić information content (AvgIpc) is 3.07. The smallest absolute Gasteiger partial charge is 0.180 e. The quantitative estimate of drug-likeness (QED) is 0.250. The van der Waals surface area contributed by atoms with Crippen LogP contribution in [0.2, 0.25) is 0 Å². The van der Waals surface area contributed by atoms with Crippen molar-refractivity contribution in [3.05, 3.63) is 0 Å². The molecule has 0 aromatic rings. The van der Waals surface area contributed by atoms with Gasteiger partial charge >= 0.3 is 0 Å². The molecule has 0 amide bonds. The van der Waals surface area contributed by atoms with Crippen LogP contribution < -0.4 is 0 Å². The molecule has 0 saturated carbocycles. The van der Waals surface area contributed by atoms with Crippen LogP contribution in [0.3, 0.4) is 0 Å². The van der Waals surface area contributed by atoms with E-state index in [4.69, 9.17) is 701 Å². The van der Waals surface area contributed by atoms with E-state index in [1.165, 1.54) is 0 Å². The molecule has 85 heavy (non-hydrogen) atoms. The van der Waals surface area contributed by atoms with Gasteiger partial charge < -0.3 is 4.74 Å². The highest BCUT2D eigenvalue weighted by Gasteiger charge is 1.86. The summed E-state index contributed by atoms with van der Waals surface area (Å²) >= 11 is 288. The number of hydrogen-bond donors (Lipinski definition) is 0. The van der Waals surface area contributed by atoms with Crippen molar-refractivity contribution in [1.82, 2.24) is 0 Å². The Kier molecular flexibility index (Phi) is 295. The third-order valence-electron chi connectivity index (χ3n) is 0.408. The molecule has 61 heteroatoms. The minimum atomic E-state index is -0.750. The predicted octanol–water partition coefficient (Wildman–Crippen LogP) is 40.8. The summed E-state index contributed by atoms with van der Waals surface area (Å²) in [6.45, 7) is 5.67. The van der Waals surface area contributed by atoms with Crippen LogP contribution in [-0.2, 0) is 4.74 Å². The average molecular weight is 2460 g/mol. The van der Waals surface area contributed by atoms with Crippen molar-refractivity contribution in [2.75, 3.05) is 13.2 Å². The molecular weight excluding hydrogens is 2430 g/mol. The van der Waals surface area contributed by atoms with Crippen LogP contribution in [0.5, 0.6) is 0 Å². The molecule has 0 saturated heterocycles. The maximum absolute atomic E-state index is 4.83. The fourth-order valence-electron chi connectivity index (χ4n) is 0.204. The largest absolute Gasteiger partial charge is 0.382 e. The van der Waals surface area contributed by atoms with Crippen LogP contribution >= 0.6 is 696 Å². The Morgan fingerprint density at radius 1 is 0.118 bits per heavy atom. The number of rotatable bonds is 2. The lowest BCUT2D eigenvalue weighted by Crippen LogP contribution is -1.84. The van der Waals surface area contributed by atoms with Gasteiger partial charge in [0.05, 0.1) is 0 Å². The summed E-state index contributed by atoms with van der Waals surface area (Å²) in [6.07, 6.45) is 0. The van der Waals surface area contributed by atoms with E-state index in [-0.39, 0.29) is 0 Å². The van der Waals surface area contributed by atoms with Crippen molar-refractivity contribution in [1.29, 1.82) is 0 Å². The summed E-state index contributed by atoms with van der Waals surface area (Å²) in [7, 11) is 0. The standard InChI is InChI=1S/C4H10O.20CHCl3/c1-3-5-4-2;20*2-1(3)4/h3-4H2,1-2H3;20*1H. The molecule has 0 fully saturated rings. The normalized spacial score (nSPS) is 8.96. The van der Waals surface area contributed by atoms with E-state index in [0.29, 0.717) is 0 Å². The van der Waals surface area contributed by atoms with Gasteiger partial charge in [0.25, 0.3) is 0 Å². The molecule has 0 aliphatic carbocycles. The van der Waals surface area contributed by atoms with Gasteiger partial charge in [-0.25, -0.2) is 0 Å². The zero-order valence-electron chi connectivity index (χ0n) is 38.0. The van der Waals surface area contributed by atoms with Crippen molar-refractivity contribution in [2.24, 2.45) is 0 Å². The summed E-state index contributed by atoms with van der Waals surface area (Å²) in [5.74, 6) is 0. The van der Waals surface area contributed by atoms with Crippen LogP contribution in [0.1, 0.15) is 13.8 Å². The zero-order valence-corrected chi connectivity index (χ0v) is 83.4. The van der Waals surface area contributed by atoms with E-state index in [2.05, 4.69) is 0 Å². The summed E-state index contributed by atoms with van der Waals surface area (Å²) < 4.78 is -10.2. The van der Waals surface area contributed by atoms with Crippen LogP contribution in [0, 0.1) is 0 Å². The lowest BCUT2D eigenvalue weighted by atomic mass is 10.8. The third-order valence-corrected chi connectivity index (χ3v) is 0.408. The van der Waals surface area contributed by atoms with Gasteiger partial charge in [0.2, 0.25) is 0 Å². The number of hydrogen-bond acceptors (Lipinski definition) is 1. The third kappa shape index (κ3) is 2670. The van der Waals surface area contributed by atoms with E-state index in [9.17, 15) is 0 Å². The number of halogens is 60. The first kappa shape index (κ1) is 159. The summed E-state index contributed by atoms with van der Waals surface area (Å²) in [4.78, 5) is 0. The Morgan fingerprint density at radius 3 is 0.141 bits per heavy atom. The van der Waals surface area contributed by atoms with Crippen molar-refractivity contribution >= 4 is 696 Å². The molecular formula is C24H30Cl60O. The molecule has 552 valence electrons. The molecule has 0 heterocycles. The molecule has 0 radical (unpaired) electrons. The summed E-state index contributed by atoms with van der Waals surface area (Å²) in [6, 6.07) is 0. The molecule has 0 unspecified atom stereocenters. The van der Waals surface area contributed by atoms with Crippen LogP contribution in [-0.4, -0.2) is 99.1 Å². The zero-order chi connectivity index (χ0) is 75.7. The Balaban J connectivity index is -0.0000000266. The number of ether oxygens (including phenoxy) is 1. The molecule has 0 atom stereocenters. The monoisotopic (exact) mass is 2430 g/mol. The lowest BCUT2D eigenvalue weighted by Gasteiger charge is -1.86. The van der Waals surface area contributed by atoms with Crippen LogP contribution in [0.25, 0.3) is 0 Å². The first-order chi connectivity index (χ1) is 37.1. The first-order valence-corrected chi connectivity index (χ1v) is 41.3. The van der Waals surface area contributed by atoms with Gasteiger partial charge in [0.15, 0.2) is 85.9 Å². The van der Waals surface area contributed by atoms with Gasteiger partial charge in [0, 0.05) is 13.2 Å². The predicted molar refractivity (Wildman–Crippen MR) is 449 cm³/mol. The fourth-order valence-corrected chi connectivity index (χ4v) is 0.204. The Morgan fingerprint density at radius 2 is 0.141 bits per heavy atom. The van der Waals surface area contributed by atoms with Crippen molar-refractivity contribution in [3.8, 4) is 0 Å². The molecule has 0 aromatic carbocycles. The van der Waals surface area contributed by atoms with Gasteiger partial charge in [-0.2, -0.15) is 0 Å². The van der Waals surface area contributed by atoms with Gasteiger partial charge in [0.1, 0.15) is 0 Å². The highest BCUT2D eigenvalue weighted by atomic mass is 35.6. The van der Waals surface area contributed by atoms with E-state index < -0.39 is 85.9 Å². The summed E-state index contributed by atoms with van der Waals surface area (Å²) in [5, 5.41) is 0. The highest BCUT2D eigenvalue weighted by Crippen LogP contribution is 2.11. The minimum Gasteiger partial charge on any atom is -0.382 e. The van der Waals surface area contributed by atoms with Crippen LogP contribution in [0.15, 0.2) is 0 Å². The molecule has 0 aliphatic heterocycles. The van der Waals surface area contributed by atoms with Gasteiger partial charge in [-0.3, -0.25) is 0 Å². The van der Waals surface area contributed by atoms with E-state index in [0.717, 1.165) is 13.2 Å². The first-order valence-electron chi connectivity index (χ1n) is 15.1. The van der Waals surface area contributed by atoms with E-state index >= 15 is 0 Å². The molecule has 0 rings (SSSR count). The Bertz CT molecular complexity index is 477. The molecule has 0 bridgehead atoms. The fraction of sp³-hybridized carbons (Fsp3) is 1.00.